The number of nitrogen functional groups attached to an aromatic ring is 1. The largest absolute Gasteiger partial charge is 0.449 e. The standard InChI is InChI=1S/C14H20N2O4/c1-9-5-4-6-11(15)12(9)14(18)20-10(2)13(17)16-7-8-19-3/h4-6,10H,7-8,15H2,1-3H3,(H,16,17). The molecule has 0 aliphatic rings. The maximum atomic E-state index is 12.0. The molecule has 1 atom stereocenters. The second-order valence-electron chi connectivity index (χ2n) is 4.37. The lowest BCUT2D eigenvalue weighted by atomic mass is 10.1. The zero-order valence-electron chi connectivity index (χ0n) is 11.9. The maximum absolute atomic E-state index is 12.0. The number of benzene rings is 1. The topological polar surface area (TPSA) is 90.6 Å². The van der Waals surface area contributed by atoms with Gasteiger partial charge in [0.05, 0.1) is 12.2 Å². The van der Waals surface area contributed by atoms with Crippen molar-refractivity contribution in [2.24, 2.45) is 0 Å². The molecule has 0 spiro atoms. The van der Waals surface area contributed by atoms with Crippen molar-refractivity contribution in [2.75, 3.05) is 26.0 Å². The molecule has 0 heterocycles. The number of hydrogen-bond acceptors (Lipinski definition) is 5. The first kappa shape index (κ1) is 16.0. The first-order chi connectivity index (χ1) is 9.47. The number of ether oxygens (including phenoxy) is 2. The molecule has 0 aliphatic heterocycles. The summed E-state index contributed by atoms with van der Waals surface area (Å²) >= 11 is 0. The molecule has 0 bridgehead atoms. The molecule has 0 aliphatic carbocycles. The predicted molar refractivity (Wildman–Crippen MR) is 75.4 cm³/mol. The van der Waals surface area contributed by atoms with E-state index in [1.165, 1.54) is 14.0 Å². The highest BCUT2D eigenvalue weighted by Crippen LogP contribution is 2.18. The first-order valence-electron chi connectivity index (χ1n) is 6.30. The van der Waals surface area contributed by atoms with E-state index in [1.54, 1.807) is 25.1 Å². The summed E-state index contributed by atoms with van der Waals surface area (Å²) < 4.78 is 9.93. The van der Waals surface area contributed by atoms with Crippen molar-refractivity contribution >= 4 is 17.6 Å². The Morgan fingerprint density at radius 2 is 2.10 bits per heavy atom. The van der Waals surface area contributed by atoms with Crippen LogP contribution in [0.25, 0.3) is 0 Å². The van der Waals surface area contributed by atoms with Gasteiger partial charge in [-0.1, -0.05) is 12.1 Å². The van der Waals surface area contributed by atoms with Crippen molar-refractivity contribution in [2.45, 2.75) is 20.0 Å². The van der Waals surface area contributed by atoms with Gasteiger partial charge in [0.25, 0.3) is 5.91 Å². The number of rotatable bonds is 6. The van der Waals surface area contributed by atoms with Gasteiger partial charge in [0, 0.05) is 19.3 Å². The Labute approximate surface area is 118 Å². The Morgan fingerprint density at radius 1 is 1.40 bits per heavy atom. The summed E-state index contributed by atoms with van der Waals surface area (Å²) in [5, 5.41) is 2.60. The Hall–Kier alpha value is -2.08. The van der Waals surface area contributed by atoms with Crippen LogP contribution in [-0.2, 0) is 14.3 Å². The predicted octanol–water partition coefficient (Wildman–Crippen LogP) is 0.885. The highest BCUT2D eigenvalue weighted by atomic mass is 16.5. The maximum Gasteiger partial charge on any atom is 0.341 e. The minimum atomic E-state index is -0.890. The number of anilines is 1. The molecule has 0 saturated heterocycles. The number of carbonyl (C=O) groups excluding carboxylic acids is 2. The van der Waals surface area contributed by atoms with Gasteiger partial charge in [-0.05, 0) is 25.5 Å². The van der Waals surface area contributed by atoms with Crippen LogP contribution >= 0.6 is 0 Å². The molecular weight excluding hydrogens is 260 g/mol. The Morgan fingerprint density at radius 3 is 2.70 bits per heavy atom. The molecule has 1 amide bonds. The van der Waals surface area contributed by atoms with Crippen LogP contribution in [-0.4, -0.2) is 38.2 Å². The molecule has 3 N–H and O–H groups in total. The smallest absolute Gasteiger partial charge is 0.341 e. The first-order valence-corrected chi connectivity index (χ1v) is 6.30. The molecule has 0 aromatic heterocycles. The highest BCUT2D eigenvalue weighted by molar-refractivity contribution is 5.98. The van der Waals surface area contributed by atoms with E-state index in [9.17, 15) is 9.59 Å². The molecule has 110 valence electrons. The lowest BCUT2D eigenvalue weighted by Crippen LogP contribution is -2.37. The van der Waals surface area contributed by atoms with Gasteiger partial charge >= 0.3 is 5.97 Å². The molecule has 20 heavy (non-hydrogen) atoms. The molecule has 1 aromatic rings. The van der Waals surface area contributed by atoms with E-state index in [0.717, 1.165) is 0 Å². The van der Waals surface area contributed by atoms with Gasteiger partial charge in [-0.15, -0.1) is 0 Å². The highest BCUT2D eigenvalue weighted by Gasteiger charge is 2.21. The van der Waals surface area contributed by atoms with Crippen LogP contribution in [0.1, 0.15) is 22.8 Å². The summed E-state index contributed by atoms with van der Waals surface area (Å²) in [6.07, 6.45) is -0.890. The molecule has 6 nitrogen and oxygen atoms in total. The summed E-state index contributed by atoms with van der Waals surface area (Å²) in [6, 6.07) is 5.13. The second kappa shape index (κ2) is 7.49. The third-order valence-corrected chi connectivity index (χ3v) is 2.77. The number of hydrogen-bond donors (Lipinski definition) is 2. The molecule has 0 radical (unpaired) electrons. The van der Waals surface area contributed by atoms with Gasteiger partial charge in [-0.2, -0.15) is 0 Å². The quantitative estimate of drug-likeness (QED) is 0.459. The molecule has 0 saturated carbocycles. The minimum absolute atomic E-state index is 0.295. The van der Waals surface area contributed by atoms with Crippen LogP contribution in [0.2, 0.25) is 0 Å². The van der Waals surface area contributed by atoms with Gasteiger partial charge in [-0.3, -0.25) is 4.79 Å². The van der Waals surface area contributed by atoms with E-state index in [2.05, 4.69) is 5.32 Å². The van der Waals surface area contributed by atoms with E-state index in [1.807, 2.05) is 0 Å². The van der Waals surface area contributed by atoms with Gasteiger partial charge in [0.1, 0.15) is 0 Å². The van der Waals surface area contributed by atoms with E-state index in [-0.39, 0.29) is 5.91 Å². The van der Waals surface area contributed by atoms with E-state index in [0.29, 0.717) is 30.0 Å². The number of amides is 1. The molecule has 1 aromatic carbocycles. The normalized spacial score (nSPS) is 11.8. The minimum Gasteiger partial charge on any atom is -0.449 e. The van der Waals surface area contributed by atoms with Gasteiger partial charge in [0.15, 0.2) is 6.10 Å². The fourth-order valence-electron chi connectivity index (χ4n) is 1.66. The van der Waals surface area contributed by atoms with Crippen LogP contribution in [0.5, 0.6) is 0 Å². The number of carbonyl (C=O) groups is 2. The van der Waals surface area contributed by atoms with Gasteiger partial charge in [-0.25, -0.2) is 4.79 Å². The van der Waals surface area contributed by atoms with Gasteiger partial charge in [0.2, 0.25) is 0 Å². The van der Waals surface area contributed by atoms with Crippen LogP contribution in [0, 0.1) is 6.92 Å². The number of esters is 1. The lowest BCUT2D eigenvalue weighted by Gasteiger charge is -2.15. The monoisotopic (exact) mass is 280 g/mol. The van der Waals surface area contributed by atoms with Crippen molar-refractivity contribution in [3.05, 3.63) is 29.3 Å². The van der Waals surface area contributed by atoms with Crippen LogP contribution in [0.3, 0.4) is 0 Å². The molecule has 6 heteroatoms. The SMILES string of the molecule is COCCNC(=O)C(C)OC(=O)c1c(C)cccc1N. The fourth-order valence-corrected chi connectivity index (χ4v) is 1.66. The van der Waals surface area contributed by atoms with Crippen molar-refractivity contribution in [3.63, 3.8) is 0 Å². The van der Waals surface area contributed by atoms with Crippen LogP contribution in [0.15, 0.2) is 18.2 Å². The number of nitrogens with one attached hydrogen (secondary N) is 1. The fraction of sp³-hybridized carbons (Fsp3) is 0.429. The van der Waals surface area contributed by atoms with Gasteiger partial charge < -0.3 is 20.5 Å². The van der Waals surface area contributed by atoms with E-state index >= 15 is 0 Å². The van der Waals surface area contributed by atoms with Crippen molar-refractivity contribution in [3.8, 4) is 0 Å². The summed E-state index contributed by atoms with van der Waals surface area (Å²) in [4.78, 5) is 23.7. The summed E-state index contributed by atoms with van der Waals surface area (Å²) in [5.74, 6) is -0.974. The molecule has 1 rings (SSSR count). The number of methoxy groups -OCH3 is 1. The average Bonchev–Trinajstić information content (AvgIpc) is 2.38. The second-order valence-corrected chi connectivity index (χ2v) is 4.37. The summed E-state index contributed by atoms with van der Waals surface area (Å²) in [6.45, 7) is 4.03. The third kappa shape index (κ3) is 4.24. The van der Waals surface area contributed by atoms with E-state index < -0.39 is 12.1 Å². The Kier molecular flexibility index (Phi) is 5.99. The molecule has 1 unspecified atom stereocenters. The number of nitrogens with two attached hydrogens (primary N) is 1. The molecule has 0 fully saturated rings. The Bertz CT molecular complexity index is 468. The third-order valence-electron chi connectivity index (χ3n) is 2.77. The lowest BCUT2D eigenvalue weighted by molar-refractivity contribution is -0.129. The summed E-state index contributed by atoms with van der Waals surface area (Å²) in [7, 11) is 1.54. The number of aryl methyl sites for hydroxylation is 1. The Balaban J connectivity index is 2.64. The average molecular weight is 280 g/mol. The zero-order chi connectivity index (χ0) is 15.1. The van der Waals surface area contributed by atoms with Crippen molar-refractivity contribution < 1.29 is 19.1 Å². The van der Waals surface area contributed by atoms with Crippen LogP contribution < -0.4 is 11.1 Å². The van der Waals surface area contributed by atoms with Crippen molar-refractivity contribution in [1.29, 1.82) is 0 Å². The summed E-state index contributed by atoms with van der Waals surface area (Å²) in [5.41, 5.74) is 7.10. The van der Waals surface area contributed by atoms with Crippen LogP contribution in [0.4, 0.5) is 5.69 Å². The van der Waals surface area contributed by atoms with Crippen molar-refractivity contribution in [1.82, 2.24) is 5.32 Å². The molecular formula is C14H20N2O4. The van der Waals surface area contributed by atoms with E-state index in [4.69, 9.17) is 15.2 Å². The zero-order valence-corrected chi connectivity index (χ0v) is 11.9.